The van der Waals surface area contributed by atoms with Gasteiger partial charge in [0, 0.05) is 0 Å². The molecule has 24 heavy (non-hydrogen) atoms. The van der Waals surface area contributed by atoms with Gasteiger partial charge in [-0.15, -0.1) is 0 Å². The summed E-state index contributed by atoms with van der Waals surface area (Å²) in [6, 6.07) is 0. The first-order valence-corrected chi connectivity index (χ1v) is 9.89. The van der Waals surface area contributed by atoms with Crippen molar-refractivity contribution in [1.29, 1.82) is 0 Å². The maximum atomic E-state index is 11.5. The maximum absolute atomic E-state index is 11.5. The summed E-state index contributed by atoms with van der Waals surface area (Å²) in [5, 5.41) is 18.9. The Labute approximate surface area is 147 Å². The predicted molar refractivity (Wildman–Crippen MR) is 96.1 cm³/mol. The minimum Gasteiger partial charge on any atom is -0.480 e. The van der Waals surface area contributed by atoms with Crippen LogP contribution in [0.15, 0.2) is 0 Å². The zero-order valence-corrected chi connectivity index (χ0v) is 15.6. The average Bonchev–Trinajstić information content (AvgIpc) is 2.56. The topological polar surface area (TPSA) is 74.6 Å². The molecule has 1 saturated carbocycles. The fourth-order valence-electron chi connectivity index (χ4n) is 4.20. The van der Waals surface area contributed by atoms with Gasteiger partial charge in [-0.05, 0) is 43.9 Å². The summed E-state index contributed by atoms with van der Waals surface area (Å²) in [6.07, 6.45) is 14.1. The van der Waals surface area contributed by atoms with Crippen LogP contribution in [-0.2, 0) is 9.59 Å². The number of carbonyl (C=O) groups is 2. The zero-order valence-electron chi connectivity index (χ0n) is 15.6. The summed E-state index contributed by atoms with van der Waals surface area (Å²) in [6.45, 7) is 4.41. The quantitative estimate of drug-likeness (QED) is 0.356. The lowest BCUT2D eigenvalue weighted by atomic mass is 9.60. The van der Waals surface area contributed by atoms with E-state index in [1.54, 1.807) is 0 Å². The van der Waals surface area contributed by atoms with Crippen molar-refractivity contribution in [2.45, 2.75) is 104 Å². The maximum Gasteiger partial charge on any atom is 0.321 e. The van der Waals surface area contributed by atoms with Crippen LogP contribution >= 0.6 is 0 Å². The molecule has 0 aromatic carbocycles. The molecule has 4 nitrogen and oxygen atoms in total. The fraction of sp³-hybridized carbons (Fsp3) is 0.900. The largest absolute Gasteiger partial charge is 0.480 e. The minimum atomic E-state index is -1.55. The first kappa shape index (κ1) is 21.0. The van der Waals surface area contributed by atoms with Crippen LogP contribution in [0, 0.1) is 10.8 Å². The Morgan fingerprint density at radius 3 is 1.46 bits per heavy atom. The SMILES string of the molecule is CCCCCCC1(CCCCCC)CCC(C(=O)O)(C(=O)O)CC1. The second-order valence-corrected chi connectivity index (χ2v) is 7.81. The van der Waals surface area contributed by atoms with Gasteiger partial charge in [-0.3, -0.25) is 9.59 Å². The lowest BCUT2D eigenvalue weighted by molar-refractivity contribution is -0.169. The predicted octanol–water partition coefficient (Wildman–Crippen LogP) is 5.64. The summed E-state index contributed by atoms with van der Waals surface area (Å²) in [7, 11) is 0. The highest BCUT2D eigenvalue weighted by atomic mass is 16.4. The molecule has 1 aliphatic rings. The van der Waals surface area contributed by atoms with Crippen molar-refractivity contribution in [1.82, 2.24) is 0 Å². The third-order valence-electron chi connectivity index (χ3n) is 6.10. The monoisotopic (exact) mass is 340 g/mol. The van der Waals surface area contributed by atoms with E-state index >= 15 is 0 Å². The molecule has 0 bridgehead atoms. The molecular weight excluding hydrogens is 304 g/mol. The average molecular weight is 341 g/mol. The van der Waals surface area contributed by atoms with Crippen LogP contribution in [0.2, 0.25) is 0 Å². The molecule has 1 rings (SSSR count). The molecule has 0 aromatic rings. The third kappa shape index (κ3) is 5.49. The van der Waals surface area contributed by atoms with Gasteiger partial charge in [0.25, 0.3) is 0 Å². The number of hydrogen-bond acceptors (Lipinski definition) is 2. The van der Waals surface area contributed by atoms with Crippen LogP contribution in [0.25, 0.3) is 0 Å². The van der Waals surface area contributed by atoms with Gasteiger partial charge < -0.3 is 10.2 Å². The Morgan fingerprint density at radius 2 is 1.12 bits per heavy atom. The van der Waals surface area contributed by atoms with E-state index in [4.69, 9.17) is 0 Å². The van der Waals surface area contributed by atoms with Gasteiger partial charge in [-0.25, -0.2) is 0 Å². The standard InChI is InChI=1S/C20H36O4/c1-3-5-7-9-11-19(12-10-8-6-4-2)13-15-20(16-14-19,17(21)22)18(23)24/h3-16H2,1-2H3,(H,21,22)(H,23,24). The molecule has 0 saturated heterocycles. The molecular formula is C20H36O4. The Hall–Kier alpha value is -1.06. The highest BCUT2D eigenvalue weighted by molar-refractivity contribution is 5.98. The van der Waals surface area contributed by atoms with Gasteiger partial charge in [-0.2, -0.15) is 0 Å². The Morgan fingerprint density at radius 1 is 0.708 bits per heavy atom. The molecule has 0 amide bonds. The number of carboxylic acid groups (broad SMARTS) is 2. The molecule has 0 aliphatic heterocycles. The number of carboxylic acids is 2. The van der Waals surface area contributed by atoms with E-state index in [0.717, 1.165) is 25.7 Å². The van der Waals surface area contributed by atoms with Crippen molar-refractivity contribution in [3.05, 3.63) is 0 Å². The van der Waals surface area contributed by atoms with E-state index in [1.807, 2.05) is 0 Å². The van der Waals surface area contributed by atoms with Crippen molar-refractivity contribution in [2.75, 3.05) is 0 Å². The molecule has 0 aromatic heterocycles. The second kappa shape index (κ2) is 10.0. The van der Waals surface area contributed by atoms with E-state index in [-0.39, 0.29) is 5.41 Å². The first-order valence-electron chi connectivity index (χ1n) is 9.89. The molecule has 0 spiro atoms. The Kier molecular flexibility index (Phi) is 8.79. The smallest absolute Gasteiger partial charge is 0.321 e. The number of aliphatic carboxylic acids is 2. The summed E-state index contributed by atoms with van der Waals surface area (Å²) < 4.78 is 0. The van der Waals surface area contributed by atoms with Crippen LogP contribution in [-0.4, -0.2) is 22.2 Å². The molecule has 0 atom stereocenters. The summed E-state index contributed by atoms with van der Waals surface area (Å²) in [5.41, 5.74) is -1.37. The van der Waals surface area contributed by atoms with Crippen LogP contribution in [0.1, 0.15) is 104 Å². The normalized spacial score (nSPS) is 19.1. The van der Waals surface area contributed by atoms with E-state index in [1.165, 1.54) is 51.4 Å². The molecule has 0 unspecified atom stereocenters. The zero-order chi connectivity index (χ0) is 18.1. The van der Waals surface area contributed by atoms with E-state index in [2.05, 4.69) is 13.8 Å². The number of unbranched alkanes of at least 4 members (excludes halogenated alkanes) is 6. The van der Waals surface area contributed by atoms with Gasteiger partial charge in [0.2, 0.25) is 0 Å². The number of hydrogen-bond donors (Lipinski definition) is 2. The van der Waals surface area contributed by atoms with E-state index < -0.39 is 17.4 Å². The molecule has 0 radical (unpaired) electrons. The van der Waals surface area contributed by atoms with Crippen LogP contribution in [0.5, 0.6) is 0 Å². The summed E-state index contributed by atoms with van der Waals surface area (Å²) >= 11 is 0. The summed E-state index contributed by atoms with van der Waals surface area (Å²) in [5.74, 6) is -2.30. The second-order valence-electron chi connectivity index (χ2n) is 7.81. The Balaban J connectivity index is 2.69. The fourth-order valence-corrected chi connectivity index (χ4v) is 4.20. The van der Waals surface area contributed by atoms with Crippen LogP contribution in [0.4, 0.5) is 0 Å². The van der Waals surface area contributed by atoms with E-state index in [0.29, 0.717) is 12.8 Å². The van der Waals surface area contributed by atoms with Gasteiger partial charge >= 0.3 is 11.9 Å². The van der Waals surface area contributed by atoms with Crippen molar-refractivity contribution >= 4 is 11.9 Å². The molecule has 1 fully saturated rings. The van der Waals surface area contributed by atoms with Crippen molar-refractivity contribution in [2.24, 2.45) is 10.8 Å². The van der Waals surface area contributed by atoms with E-state index in [9.17, 15) is 19.8 Å². The molecule has 4 heteroatoms. The van der Waals surface area contributed by atoms with Crippen molar-refractivity contribution in [3.63, 3.8) is 0 Å². The highest BCUT2D eigenvalue weighted by Crippen LogP contribution is 2.51. The lowest BCUT2D eigenvalue weighted by Gasteiger charge is -2.43. The molecule has 1 aliphatic carbocycles. The van der Waals surface area contributed by atoms with Gasteiger partial charge in [-0.1, -0.05) is 65.2 Å². The van der Waals surface area contributed by atoms with Gasteiger partial charge in [0.05, 0.1) is 0 Å². The minimum absolute atomic E-state index is 0.176. The lowest BCUT2D eigenvalue weighted by Crippen LogP contribution is -2.45. The summed E-state index contributed by atoms with van der Waals surface area (Å²) in [4.78, 5) is 23.1. The van der Waals surface area contributed by atoms with Gasteiger partial charge in [0.1, 0.15) is 0 Å². The molecule has 0 heterocycles. The van der Waals surface area contributed by atoms with Crippen LogP contribution < -0.4 is 0 Å². The van der Waals surface area contributed by atoms with Gasteiger partial charge in [0.15, 0.2) is 5.41 Å². The number of rotatable bonds is 12. The molecule has 2 N–H and O–H groups in total. The highest BCUT2D eigenvalue weighted by Gasteiger charge is 2.52. The Bertz CT molecular complexity index is 364. The van der Waals surface area contributed by atoms with Crippen molar-refractivity contribution in [3.8, 4) is 0 Å². The third-order valence-corrected chi connectivity index (χ3v) is 6.10. The first-order chi connectivity index (χ1) is 11.4. The molecule has 140 valence electrons. The van der Waals surface area contributed by atoms with Crippen molar-refractivity contribution < 1.29 is 19.8 Å². The van der Waals surface area contributed by atoms with Crippen LogP contribution in [0.3, 0.4) is 0 Å².